The van der Waals surface area contributed by atoms with Crippen LogP contribution in [-0.2, 0) is 11.3 Å². The summed E-state index contributed by atoms with van der Waals surface area (Å²) in [5, 5.41) is 13.4. The van der Waals surface area contributed by atoms with Crippen molar-refractivity contribution in [3.8, 4) is 0 Å². The Labute approximate surface area is 144 Å². The van der Waals surface area contributed by atoms with Gasteiger partial charge < -0.3 is 10.1 Å². The third-order valence-electron chi connectivity index (χ3n) is 3.39. The second-order valence-corrected chi connectivity index (χ2v) is 5.26. The number of rotatable bonds is 6. The molecule has 1 amide bonds. The first-order valence-electron chi connectivity index (χ1n) is 7.53. The second kappa shape index (κ2) is 8.58. The fourth-order valence-electron chi connectivity index (χ4n) is 2.10. The lowest BCUT2D eigenvalue weighted by Gasteiger charge is -2.05. The summed E-state index contributed by atoms with van der Waals surface area (Å²) in [7, 11) is 0. The minimum absolute atomic E-state index is 0.0803. The van der Waals surface area contributed by atoms with Gasteiger partial charge in [-0.3, -0.25) is 10.1 Å². The van der Waals surface area contributed by atoms with E-state index < -0.39 is 16.8 Å². The highest BCUT2D eigenvalue weighted by Crippen LogP contribution is 2.22. The average Bonchev–Trinajstić information content (AvgIpc) is 2.59. The number of alkyl carbamates (subject to hydrolysis) is 1. The maximum Gasteiger partial charge on any atom is 0.407 e. The number of nitro groups is 1. The standard InChI is InChI=1S/C18H17FN2O4/c1-13-10-16(19)15(11-17(13)21(23)24)8-5-9-20-18(22)25-12-14-6-3-2-4-7-14/h2-8,10-11H,9,12H2,1H3,(H,20,22). The molecule has 130 valence electrons. The number of hydrogen-bond donors (Lipinski definition) is 1. The van der Waals surface area contributed by atoms with Gasteiger partial charge in [-0.25, -0.2) is 9.18 Å². The van der Waals surface area contributed by atoms with Crippen molar-refractivity contribution in [1.29, 1.82) is 0 Å². The van der Waals surface area contributed by atoms with Crippen molar-refractivity contribution < 1.29 is 18.8 Å². The van der Waals surface area contributed by atoms with Crippen LogP contribution in [0.15, 0.2) is 48.5 Å². The van der Waals surface area contributed by atoms with Gasteiger partial charge in [0.25, 0.3) is 5.69 Å². The molecule has 2 aromatic rings. The Morgan fingerprint density at radius 3 is 2.72 bits per heavy atom. The SMILES string of the molecule is Cc1cc(F)c(C=CCNC(=O)OCc2ccccc2)cc1[N+](=O)[O-]. The van der Waals surface area contributed by atoms with Crippen LogP contribution in [-0.4, -0.2) is 17.6 Å². The molecule has 2 rings (SSSR count). The van der Waals surface area contributed by atoms with Crippen molar-refractivity contribution in [2.45, 2.75) is 13.5 Å². The van der Waals surface area contributed by atoms with Gasteiger partial charge in [0.1, 0.15) is 12.4 Å². The highest BCUT2D eigenvalue weighted by Gasteiger charge is 2.13. The molecule has 0 heterocycles. The Morgan fingerprint density at radius 1 is 1.32 bits per heavy atom. The van der Waals surface area contributed by atoms with Crippen LogP contribution in [0.25, 0.3) is 6.08 Å². The lowest BCUT2D eigenvalue weighted by Crippen LogP contribution is -2.24. The molecule has 7 heteroatoms. The monoisotopic (exact) mass is 344 g/mol. The van der Waals surface area contributed by atoms with Crippen LogP contribution in [0, 0.1) is 22.9 Å². The average molecular weight is 344 g/mol. The highest BCUT2D eigenvalue weighted by molar-refractivity contribution is 5.67. The minimum atomic E-state index is -0.608. The number of carbonyl (C=O) groups excluding carboxylic acids is 1. The molecular weight excluding hydrogens is 327 g/mol. The van der Waals surface area contributed by atoms with Crippen molar-refractivity contribution >= 4 is 17.9 Å². The van der Waals surface area contributed by atoms with Crippen LogP contribution in [0.5, 0.6) is 0 Å². The molecule has 0 atom stereocenters. The Morgan fingerprint density at radius 2 is 2.04 bits per heavy atom. The first-order valence-corrected chi connectivity index (χ1v) is 7.53. The van der Waals surface area contributed by atoms with Gasteiger partial charge in [-0.1, -0.05) is 42.5 Å². The van der Waals surface area contributed by atoms with E-state index in [1.165, 1.54) is 19.1 Å². The second-order valence-electron chi connectivity index (χ2n) is 5.26. The zero-order valence-electron chi connectivity index (χ0n) is 13.6. The number of nitro benzene ring substituents is 1. The molecule has 0 radical (unpaired) electrons. The van der Waals surface area contributed by atoms with E-state index in [4.69, 9.17) is 4.74 Å². The predicted octanol–water partition coefficient (Wildman–Crippen LogP) is 3.98. The first kappa shape index (κ1) is 18.1. The van der Waals surface area contributed by atoms with Crippen molar-refractivity contribution in [1.82, 2.24) is 5.32 Å². The topological polar surface area (TPSA) is 81.5 Å². The molecule has 0 spiro atoms. The summed E-state index contributed by atoms with van der Waals surface area (Å²) in [5.74, 6) is -0.564. The van der Waals surface area contributed by atoms with Gasteiger partial charge in [0.05, 0.1) is 4.92 Å². The summed E-state index contributed by atoms with van der Waals surface area (Å²) >= 11 is 0. The van der Waals surface area contributed by atoms with Crippen LogP contribution in [0.1, 0.15) is 16.7 Å². The fraction of sp³-hybridized carbons (Fsp3) is 0.167. The number of ether oxygens (including phenoxy) is 1. The lowest BCUT2D eigenvalue weighted by molar-refractivity contribution is -0.385. The maximum absolute atomic E-state index is 13.8. The Kier molecular flexibility index (Phi) is 6.22. The molecule has 25 heavy (non-hydrogen) atoms. The number of nitrogens with zero attached hydrogens (tertiary/aromatic N) is 1. The number of nitrogens with one attached hydrogen (secondary N) is 1. The summed E-state index contributed by atoms with van der Waals surface area (Å²) in [6.07, 6.45) is 2.25. The van der Waals surface area contributed by atoms with Crippen LogP contribution < -0.4 is 5.32 Å². The van der Waals surface area contributed by atoms with Crippen molar-refractivity contribution in [3.63, 3.8) is 0 Å². The Balaban J connectivity index is 1.86. The molecule has 0 bridgehead atoms. The summed E-state index contributed by atoms with van der Waals surface area (Å²) in [4.78, 5) is 21.9. The molecule has 0 aliphatic rings. The lowest BCUT2D eigenvalue weighted by atomic mass is 10.1. The maximum atomic E-state index is 13.8. The van der Waals surface area contributed by atoms with Crippen molar-refractivity contribution in [3.05, 3.63) is 81.2 Å². The number of hydrogen-bond acceptors (Lipinski definition) is 4. The summed E-state index contributed by atoms with van der Waals surface area (Å²) in [5.41, 5.74) is 1.04. The molecule has 6 nitrogen and oxygen atoms in total. The van der Waals surface area contributed by atoms with Gasteiger partial charge >= 0.3 is 6.09 Å². The van der Waals surface area contributed by atoms with Gasteiger partial charge in [-0.05, 0) is 18.6 Å². The first-order chi connectivity index (χ1) is 12.0. The van der Waals surface area contributed by atoms with Crippen LogP contribution in [0.4, 0.5) is 14.9 Å². The zero-order chi connectivity index (χ0) is 18.2. The summed E-state index contributed by atoms with van der Waals surface area (Å²) < 4.78 is 18.8. The van der Waals surface area contributed by atoms with Crippen LogP contribution in [0.2, 0.25) is 0 Å². The van der Waals surface area contributed by atoms with E-state index in [9.17, 15) is 19.3 Å². The van der Waals surface area contributed by atoms with E-state index in [2.05, 4.69) is 5.32 Å². The highest BCUT2D eigenvalue weighted by atomic mass is 19.1. The third kappa shape index (κ3) is 5.42. The van der Waals surface area contributed by atoms with Gasteiger partial charge in [0, 0.05) is 23.7 Å². The van der Waals surface area contributed by atoms with Gasteiger partial charge in [-0.15, -0.1) is 0 Å². The fourth-order valence-corrected chi connectivity index (χ4v) is 2.10. The largest absolute Gasteiger partial charge is 0.445 e. The summed E-state index contributed by atoms with van der Waals surface area (Å²) in [6, 6.07) is 11.5. The van der Waals surface area contributed by atoms with E-state index in [-0.39, 0.29) is 30.0 Å². The molecule has 0 aliphatic heterocycles. The number of benzene rings is 2. The number of halogens is 1. The van der Waals surface area contributed by atoms with Gasteiger partial charge in [-0.2, -0.15) is 0 Å². The quantitative estimate of drug-likeness (QED) is 0.635. The minimum Gasteiger partial charge on any atom is -0.445 e. The zero-order valence-corrected chi connectivity index (χ0v) is 13.6. The normalized spacial score (nSPS) is 10.6. The van der Waals surface area contributed by atoms with Gasteiger partial charge in [0.15, 0.2) is 0 Å². The number of carbonyl (C=O) groups is 1. The van der Waals surface area contributed by atoms with E-state index >= 15 is 0 Å². The molecule has 0 saturated carbocycles. The molecule has 0 aliphatic carbocycles. The summed E-state index contributed by atoms with van der Waals surface area (Å²) in [6.45, 7) is 1.73. The molecule has 1 N–H and O–H groups in total. The molecular formula is C18H17FN2O4. The Hall–Kier alpha value is -3.22. The van der Waals surface area contributed by atoms with Crippen molar-refractivity contribution in [2.75, 3.05) is 6.54 Å². The van der Waals surface area contributed by atoms with Crippen LogP contribution >= 0.6 is 0 Å². The Bertz CT molecular complexity index is 791. The number of amides is 1. The van der Waals surface area contributed by atoms with E-state index in [0.717, 1.165) is 17.7 Å². The predicted molar refractivity (Wildman–Crippen MR) is 91.5 cm³/mol. The molecule has 0 fully saturated rings. The molecule has 2 aromatic carbocycles. The molecule has 0 aromatic heterocycles. The molecule has 0 unspecified atom stereocenters. The van der Waals surface area contributed by atoms with E-state index in [0.29, 0.717) is 0 Å². The third-order valence-corrected chi connectivity index (χ3v) is 3.39. The molecule has 0 saturated heterocycles. The van der Waals surface area contributed by atoms with Gasteiger partial charge in [0.2, 0.25) is 0 Å². The van der Waals surface area contributed by atoms with Crippen LogP contribution in [0.3, 0.4) is 0 Å². The van der Waals surface area contributed by atoms with E-state index in [1.807, 2.05) is 30.3 Å². The smallest absolute Gasteiger partial charge is 0.407 e. The van der Waals surface area contributed by atoms with Crippen molar-refractivity contribution in [2.24, 2.45) is 0 Å². The number of aryl methyl sites for hydroxylation is 1. The van der Waals surface area contributed by atoms with E-state index in [1.54, 1.807) is 0 Å².